The number of hydrogen-bond donors (Lipinski definition) is 0. The monoisotopic (exact) mass is 700 g/mol. The fourth-order valence-corrected chi connectivity index (χ4v) is 9.52. The highest BCUT2D eigenvalue weighted by atomic mass is 32.1. The molecular weight excluding hydrogens is 669 g/mol. The summed E-state index contributed by atoms with van der Waals surface area (Å²) in [6, 6.07) is 70.3. The van der Waals surface area contributed by atoms with Gasteiger partial charge in [-0.2, -0.15) is 0 Å². The highest BCUT2D eigenvalue weighted by molar-refractivity contribution is 7.26. The van der Waals surface area contributed by atoms with Gasteiger partial charge in [0.1, 0.15) is 0 Å². The Balaban J connectivity index is 1.06. The van der Waals surface area contributed by atoms with E-state index >= 15 is 0 Å². The van der Waals surface area contributed by atoms with E-state index in [4.69, 9.17) is 0 Å². The Morgan fingerprint density at radius 3 is 1.17 bits per heavy atom. The number of benzene rings is 8. The summed E-state index contributed by atoms with van der Waals surface area (Å²) >= 11 is 3.72. The molecule has 0 fully saturated rings. The van der Waals surface area contributed by atoms with Gasteiger partial charge < -0.3 is 9.80 Å². The first-order chi connectivity index (χ1) is 25.8. The van der Waals surface area contributed by atoms with Gasteiger partial charge in [-0.05, 0) is 114 Å². The summed E-state index contributed by atoms with van der Waals surface area (Å²) in [5, 5.41) is 5.17. The van der Waals surface area contributed by atoms with Crippen LogP contribution in [0.25, 0.3) is 51.5 Å². The zero-order valence-corrected chi connectivity index (χ0v) is 29.8. The van der Waals surface area contributed by atoms with Crippen molar-refractivity contribution in [3.8, 4) is 11.1 Å². The van der Waals surface area contributed by atoms with Crippen molar-refractivity contribution in [1.82, 2.24) is 0 Å². The van der Waals surface area contributed by atoms with Gasteiger partial charge in [-0.25, -0.2) is 0 Å². The summed E-state index contributed by atoms with van der Waals surface area (Å²) in [6.07, 6.45) is 0. The Labute approximate surface area is 310 Å². The smallest absolute Gasteiger partial charge is 0.0468 e. The molecule has 4 heteroatoms. The Hall–Kier alpha value is -6.20. The third-order valence-corrected chi connectivity index (χ3v) is 12.1. The number of anilines is 6. The van der Waals surface area contributed by atoms with Crippen LogP contribution < -0.4 is 9.80 Å². The number of rotatable bonds is 7. The molecule has 246 valence electrons. The number of thiophene rings is 2. The fraction of sp³-hybridized carbons (Fsp3) is 0. The lowest BCUT2D eigenvalue weighted by atomic mass is 10.0. The number of fused-ring (bicyclic) bond motifs is 6. The normalized spacial score (nSPS) is 11.5. The molecule has 0 aliphatic carbocycles. The third kappa shape index (κ3) is 5.41. The van der Waals surface area contributed by atoms with Crippen LogP contribution in [0.4, 0.5) is 34.1 Å². The lowest BCUT2D eigenvalue weighted by molar-refractivity contribution is 1.28. The summed E-state index contributed by atoms with van der Waals surface area (Å²) in [5.41, 5.74) is 9.25. The molecule has 52 heavy (non-hydrogen) atoms. The first kappa shape index (κ1) is 30.6. The maximum atomic E-state index is 2.39. The Morgan fingerprint density at radius 2 is 0.615 bits per heavy atom. The van der Waals surface area contributed by atoms with Crippen molar-refractivity contribution in [1.29, 1.82) is 0 Å². The molecule has 0 spiro atoms. The predicted molar refractivity (Wildman–Crippen MR) is 227 cm³/mol. The Morgan fingerprint density at radius 1 is 0.250 bits per heavy atom. The molecule has 10 rings (SSSR count). The highest BCUT2D eigenvalue weighted by Crippen LogP contribution is 2.44. The summed E-state index contributed by atoms with van der Waals surface area (Å²) < 4.78 is 5.22. The average molecular weight is 701 g/mol. The molecule has 2 nitrogen and oxygen atoms in total. The molecule has 0 N–H and O–H groups in total. The molecule has 8 aromatic carbocycles. The lowest BCUT2D eigenvalue weighted by Crippen LogP contribution is -2.09. The Bertz CT molecular complexity index is 2800. The van der Waals surface area contributed by atoms with E-state index in [1.165, 1.54) is 51.5 Å². The third-order valence-electron chi connectivity index (χ3n) is 9.83. The molecule has 0 aliphatic rings. The minimum absolute atomic E-state index is 1.13. The first-order valence-electron chi connectivity index (χ1n) is 17.5. The van der Waals surface area contributed by atoms with Crippen molar-refractivity contribution in [2.24, 2.45) is 0 Å². The van der Waals surface area contributed by atoms with E-state index in [1.807, 2.05) is 22.7 Å². The molecular formula is C48H32N2S2. The van der Waals surface area contributed by atoms with Gasteiger partial charge in [0.15, 0.2) is 0 Å². The van der Waals surface area contributed by atoms with Crippen LogP contribution in [0, 0.1) is 0 Å². The Kier molecular flexibility index (Phi) is 7.56. The van der Waals surface area contributed by atoms with Gasteiger partial charge in [0.05, 0.1) is 0 Å². The van der Waals surface area contributed by atoms with E-state index in [0.29, 0.717) is 0 Å². The summed E-state index contributed by atoms with van der Waals surface area (Å²) in [6.45, 7) is 0. The van der Waals surface area contributed by atoms with Crippen molar-refractivity contribution in [2.75, 3.05) is 9.80 Å². The van der Waals surface area contributed by atoms with Crippen molar-refractivity contribution < 1.29 is 0 Å². The largest absolute Gasteiger partial charge is 0.311 e. The van der Waals surface area contributed by atoms with Crippen LogP contribution in [0.2, 0.25) is 0 Å². The van der Waals surface area contributed by atoms with E-state index in [2.05, 4.69) is 204 Å². The van der Waals surface area contributed by atoms with E-state index in [9.17, 15) is 0 Å². The number of para-hydroxylation sites is 3. The molecule has 0 atom stereocenters. The van der Waals surface area contributed by atoms with Crippen LogP contribution in [-0.4, -0.2) is 0 Å². The molecule has 0 radical (unpaired) electrons. The van der Waals surface area contributed by atoms with E-state index < -0.39 is 0 Å². The predicted octanol–water partition coefficient (Wildman–Crippen LogP) is 15.0. The lowest BCUT2D eigenvalue weighted by Gasteiger charge is -2.25. The van der Waals surface area contributed by atoms with Gasteiger partial charge >= 0.3 is 0 Å². The number of nitrogens with zero attached hydrogens (tertiary/aromatic N) is 2. The molecule has 0 unspecified atom stereocenters. The maximum Gasteiger partial charge on any atom is 0.0468 e. The zero-order valence-electron chi connectivity index (χ0n) is 28.2. The quantitative estimate of drug-likeness (QED) is 0.163. The van der Waals surface area contributed by atoms with Crippen molar-refractivity contribution >= 4 is 97.1 Å². The molecule has 0 bridgehead atoms. The van der Waals surface area contributed by atoms with Crippen LogP contribution in [0.3, 0.4) is 0 Å². The van der Waals surface area contributed by atoms with Gasteiger partial charge in [-0.15, -0.1) is 22.7 Å². The van der Waals surface area contributed by atoms with Gasteiger partial charge in [-0.1, -0.05) is 91.0 Å². The second-order valence-electron chi connectivity index (χ2n) is 13.0. The van der Waals surface area contributed by atoms with Gasteiger partial charge in [0.2, 0.25) is 0 Å². The van der Waals surface area contributed by atoms with Crippen LogP contribution >= 0.6 is 22.7 Å². The van der Waals surface area contributed by atoms with Crippen LogP contribution in [0.1, 0.15) is 0 Å². The SMILES string of the molecule is c1ccc(N(c2ccccc2)c2ccc(-c3ccc4sc5ccc(N(c6ccccc6)c6ccc7sc8ccccc8c7c6)cc5c4c3)cc2)cc1. The minimum Gasteiger partial charge on any atom is -0.311 e. The molecule has 0 aliphatic heterocycles. The molecule has 0 saturated heterocycles. The molecule has 2 aromatic heterocycles. The van der Waals surface area contributed by atoms with Crippen LogP contribution in [0.15, 0.2) is 194 Å². The summed E-state index contributed by atoms with van der Waals surface area (Å²) in [5.74, 6) is 0. The minimum atomic E-state index is 1.13. The average Bonchev–Trinajstić information content (AvgIpc) is 3.77. The highest BCUT2D eigenvalue weighted by Gasteiger charge is 2.17. The van der Waals surface area contributed by atoms with E-state index in [-0.39, 0.29) is 0 Å². The molecule has 10 aromatic rings. The zero-order chi connectivity index (χ0) is 34.4. The molecule has 2 heterocycles. The van der Waals surface area contributed by atoms with E-state index in [1.54, 1.807) is 0 Å². The van der Waals surface area contributed by atoms with E-state index in [0.717, 1.165) is 34.1 Å². The molecule has 0 amide bonds. The van der Waals surface area contributed by atoms with Crippen molar-refractivity contribution in [3.63, 3.8) is 0 Å². The summed E-state index contributed by atoms with van der Waals surface area (Å²) in [4.78, 5) is 4.70. The first-order valence-corrected chi connectivity index (χ1v) is 19.1. The van der Waals surface area contributed by atoms with Crippen molar-refractivity contribution in [2.45, 2.75) is 0 Å². The van der Waals surface area contributed by atoms with Gasteiger partial charge in [0.25, 0.3) is 0 Å². The second-order valence-corrected chi connectivity index (χ2v) is 15.2. The van der Waals surface area contributed by atoms with Gasteiger partial charge in [-0.3, -0.25) is 0 Å². The summed E-state index contributed by atoms with van der Waals surface area (Å²) in [7, 11) is 0. The fourth-order valence-electron chi connectivity index (χ4n) is 7.37. The van der Waals surface area contributed by atoms with Gasteiger partial charge in [0, 0.05) is 74.5 Å². The topological polar surface area (TPSA) is 6.48 Å². The standard InChI is InChI=1S/C48H32N2S2/c1-4-12-35(13-5-1)49(36-14-6-2-7-15-36)38-23-20-33(21-24-38)34-22-27-46-42(30-34)44-32-40(26-29-48(44)52-46)50(37-16-8-3-9-17-37)39-25-28-47-43(31-39)41-18-10-11-19-45(41)51-47/h1-32H. The van der Waals surface area contributed by atoms with Crippen LogP contribution in [-0.2, 0) is 0 Å². The van der Waals surface area contributed by atoms with Crippen LogP contribution in [0.5, 0.6) is 0 Å². The number of hydrogen-bond acceptors (Lipinski definition) is 4. The molecule has 0 saturated carbocycles. The maximum absolute atomic E-state index is 2.39. The van der Waals surface area contributed by atoms with Crippen molar-refractivity contribution in [3.05, 3.63) is 194 Å². The second kappa shape index (κ2) is 12.8.